The van der Waals surface area contributed by atoms with Crippen molar-refractivity contribution in [3.8, 4) is 5.75 Å². The zero-order chi connectivity index (χ0) is 13.7. The Morgan fingerprint density at radius 3 is 2.84 bits per heavy atom. The topological polar surface area (TPSA) is 24.5 Å². The van der Waals surface area contributed by atoms with E-state index in [4.69, 9.17) is 4.74 Å². The van der Waals surface area contributed by atoms with E-state index in [0.29, 0.717) is 12.1 Å². The molecule has 2 atom stereocenters. The van der Waals surface area contributed by atoms with Crippen LogP contribution in [0.4, 0.5) is 0 Å². The van der Waals surface area contributed by atoms with E-state index in [1.807, 2.05) is 12.1 Å². The summed E-state index contributed by atoms with van der Waals surface area (Å²) in [6.07, 6.45) is 2.61. The van der Waals surface area contributed by atoms with Crippen molar-refractivity contribution in [2.24, 2.45) is 0 Å². The van der Waals surface area contributed by atoms with Crippen LogP contribution in [-0.2, 0) is 0 Å². The van der Waals surface area contributed by atoms with E-state index in [0.717, 1.165) is 18.8 Å². The average Bonchev–Trinajstić information content (AvgIpc) is 2.97. The Morgan fingerprint density at radius 2 is 2.21 bits per heavy atom. The van der Waals surface area contributed by atoms with Gasteiger partial charge in [-0.25, -0.2) is 0 Å². The molecule has 106 valence electrons. The van der Waals surface area contributed by atoms with Gasteiger partial charge in [-0.3, -0.25) is 4.90 Å². The van der Waals surface area contributed by atoms with Crippen LogP contribution in [0.3, 0.4) is 0 Å². The van der Waals surface area contributed by atoms with E-state index in [1.165, 1.54) is 24.9 Å². The molecule has 1 saturated heterocycles. The van der Waals surface area contributed by atoms with Crippen molar-refractivity contribution in [2.45, 2.75) is 38.8 Å². The molecular formula is C16H26N2O. The number of para-hydroxylation sites is 1. The van der Waals surface area contributed by atoms with Gasteiger partial charge in [-0.2, -0.15) is 0 Å². The summed E-state index contributed by atoms with van der Waals surface area (Å²) < 4.78 is 5.49. The first kappa shape index (κ1) is 14.4. The molecule has 1 aromatic rings. The lowest BCUT2D eigenvalue weighted by Crippen LogP contribution is -2.38. The highest BCUT2D eigenvalue weighted by atomic mass is 16.5. The molecule has 3 nitrogen and oxygen atoms in total. The summed E-state index contributed by atoms with van der Waals surface area (Å²) in [5.41, 5.74) is 1.28. The molecule has 0 amide bonds. The Bertz CT molecular complexity index is 388. The van der Waals surface area contributed by atoms with Gasteiger partial charge in [-0.15, -0.1) is 0 Å². The summed E-state index contributed by atoms with van der Waals surface area (Å²) in [4.78, 5) is 2.53. The van der Waals surface area contributed by atoms with E-state index in [9.17, 15) is 0 Å². The van der Waals surface area contributed by atoms with Crippen LogP contribution in [0, 0.1) is 0 Å². The summed E-state index contributed by atoms with van der Waals surface area (Å²) in [5, 5.41) is 3.58. The summed E-state index contributed by atoms with van der Waals surface area (Å²) in [5.74, 6) is 0.993. The largest absolute Gasteiger partial charge is 0.496 e. The molecule has 0 aliphatic carbocycles. The third-order valence-electron chi connectivity index (χ3n) is 4.16. The van der Waals surface area contributed by atoms with E-state index >= 15 is 0 Å². The van der Waals surface area contributed by atoms with Crippen molar-refractivity contribution in [1.29, 1.82) is 0 Å². The smallest absolute Gasteiger partial charge is 0.123 e. The number of nitrogens with one attached hydrogen (secondary N) is 1. The SMILES string of the molecule is CCN(CC1CCCN1)C(C)c1ccccc1OC. The van der Waals surface area contributed by atoms with E-state index < -0.39 is 0 Å². The van der Waals surface area contributed by atoms with Crippen LogP contribution >= 0.6 is 0 Å². The molecular weight excluding hydrogens is 236 g/mol. The van der Waals surface area contributed by atoms with Crippen molar-refractivity contribution in [1.82, 2.24) is 10.2 Å². The molecule has 19 heavy (non-hydrogen) atoms. The zero-order valence-corrected chi connectivity index (χ0v) is 12.4. The molecule has 0 radical (unpaired) electrons. The van der Waals surface area contributed by atoms with Gasteiger partial charge >= 0.3 is 0 Å². The molecule has 2 rings (SSSR count). The van der Waals surface area contributed by atoms with Gasteiger partial charge in [0.05, 0.1) is 7.11 Å². The molecule has 0 spiro atoms. The molecule has 2 unspecified atom stereocenters. The van der Waals surface area contributed by atoms with Gasteiger partial charge in [-0.1, -0.05) is 25.1 Å². The van der Waals surface area contributed by atoms with Gasteiger partial charge in [-0.05, 0) is 38.9 Å². The molecule has 0 aromatic heterocycles. The Hall–Kier alpha value is -1.06. The highest BCUT2D eigenvalue weighted by molar-refractivity contribution is 5.35. The molecule has 1 aliphatic rings. The second kappa shape index (κ2) is 6.92. The van der Waals surface area contributed by atoms with Gasteiger partial charge in [0, 0.05) is 24.2 Å². The van der Waals surface area contributed by atoms with Crippen LogP contribution in [0.25, 0.3) is 0 Å². The maximum absolute atomic E-state index is 5.49. The predicted octanol–water partition coefficient (Wildman–Crippen LogP) is 2.83. The maximum atomic E-state index is 5.49. The van der Waals surface area contributed by atoms with Crippen molar-refractivity contribution in [3.05, 3.63) is 29.8 Å². The van der Waals surface area contributed by atoms with Gasteiger partial charge in [0.1, 0.15) is 5.75 Å². The van der Waals surface area contributed by atoms with Gasteiger partial charge in [0.25, 0.3) is 0 Å². The van der Waals surface area contributed by atoms with Crippen molar-refractivity contribution < 1.29 is 4.74 Å². The zero-order valence-electron chi connectivity index (χ0n) is 12.4. The minimum atomic E-state index is 0.392. The normalized spacial score (nSPS) is 20.7. The maximum Gasteiger partial charge on any atom is 0.123 e. The Balaban J connectivity index is 2.08. The monoisotopic (exact) mass is 262 g/mol. The number of hydrogen-bond donors (Lipinski definition) is 1. The van der Waals surface area contributed by atoms with E-state index in [1.54, 1.807) is 7.11 Å². The second-order valence-corrected chi connectivity index (χ2v) is 5.30. The first-order valence-corrected chi connectivity index (χ1v) is 7.36. The van der Waals surface area contributed by atoms with Gasteiger partial charge in [0.2, 0.25) is 0 Å². The lowest BCUT2D eigenvalue weighted by molar-refractivity contribution is 0.199. The van der Waals surface area contributed by atoms with E-state index in [2.05, 4.69) is 36.2 Å². The number of nitrogens with zero attached hydrogens (tertiary/aromatic N) is 1. The second-order valence-electron chi connectivity index (χ2n) is 5.30. The lowest BCUT2D eigenvalue weighted by Gasteiger charge is -2.31. The fraction of sp³-hybridized carbons (Fsp3) is 0.625. The summed E-state index contributed by atoms with van der Waals surface area (Å²) in [6, 6.07) is 9.39. The minimum Gasteiger partial charge on any atom is -0.496 e. The van der Waals surface area contributed by atoms with Crippen molar-refractivity contribution in [3.63, 3.8) is 0 Å². The van der Waals surface area contributed by atoms with Crippen LogP contribution in [0.1, 0.15) is 38.3 Å². The first-order chi connectivity index (χ1) is 9.26. The number of hydrogen-bond acceptors (Lipinski definition) is 3. The predicted molar refractivity (Wildman–Crippen MR) is 79.7 cm³/mol. The summed E-state index contributed by atoms with van der Waals surface area (Å²) in [7, 11) is 1.75. The highest BCUT2D eigenvalue weighted by Gasteiger charge is 2.22. The Labute approximate surface area is 116 Å². The fourth-order valence-corrected chi connectivity index (χ4v) is 2.96. The highest BCUT2D eigenvalue weighted by Crippen LogP contribution is 2.29. The van der Waals surface area contributed by atoms with Crippen LogP contribution in [0.2, 0.25) is 0 Å². The average molecular weight is 262 g/mol. The van der Waals surface area contributed by atoms with Crippen LogP contribution in [0.15, 0.2) is 24.3 Å². The Kier molecular flexibility index (Phi) is 5.23. The van der Waals surface area contributed by atoms with Crippen LogP contribution < -0.4 is 10.1 Å². The third-order valence-corrected chi connectivity index (χ3v) is 4.16. The van der Waals surface area contributed by atoms with Gasteiger partial charge in [0.15, 0.2) is 0 Å². The summed E-state index contributed by atoms with van der Waals surface area (Å²) in [6.45, 7) is 7.87. The van der Waals surface area contributed by atoms with Crippen molar-refractivity contribution >= 4 is 0 Å². The number of ether oxygens (including phenoxy) is 1. The fourth-order valence-electron chi connectivity index (χ4n) is 2.96. The number of rotatable bonds is 6. The Morgan fingerprint density at radius 1 is 1.42 bits per heavy atom. The first-order valence-electron chi connectivity index (χ1n) is 7.36. The third kappa shape index (κ3) is 3.48. The van der Waals surface area contributed by atoms with E-state index in [-0.39, 0.29) is 0 Å². The van der Waals surface area contributed by atoms with Crippen LogP contribution in [-0.4, -0.2) is 37.7 Å². The summed E-state index contributed by atoms with van der Waals surface area (Å²) >= 11 is 0. The molecule has 1 fully saturated rings. The molecule has 1 N–H and O–H groups in total. The lowest BCUT2D eigenvalue weighted by atomic mass is 10.0. The van der Waals surface area contributed by atoms with Gasteiger partial charge < -0.3 is 10.1 Å². The van der Waals surface area contributed by atoms with Crippen LogP contribution in [0.5, 0.6) is 5.75 Å². The standard InChI is InChI=1S/C16H26N2O/c1-4-18(12-14-8-7-11-17-14)13(2)15-9-5-6-10-16(15)19-3/h5-6,9-10,13-14,17H,4,7-8,11-12H2,1-3H3. The molecule has 3 heteroatoms. The quantitative estimate of drug-likeness (QED) is 0.853. The number of methoxy groups -OCH3 is 1. The molecule has 1 aliphatic heterocycles. The molecule has 0 bridgehead atoms. The molecule has 1 aromatic carbocycles. The molecule has 0 saturated carbocycles. The number of benzene rings is 1. The minimum absolute atomic E-state index is 0.392. The van der Waals surface area contributed by atoms with Crippen molar-refractivity contribution in [2.75, 3.05) is 26.7 Å². The molecule has 1 heterocycles. The number of likely N-dealkylation sites (N-methyl/N-ethyl adjacent to an activating group) is 1.